The predicted octanol–water partition coefficient (Wildman–Crippen LogP) is 1.56. The van der Waals surface area contributed by atoms with Crippen LogP contribution in [0.25, 0.3) is 0 Å². The molecule has 0 spiro atoms. The third kappa shape index (κ3) is 5.26. The van der Waals surface area contributed by atoms with E-state index in [2.05, 4.69) is 21.6 Å². The van der Waals surface area contributed by atoms with Gasteiger partial charge in [-0.1, -0.05) is 0 Å². The monoisotopic (exact) mass is 237 g/mol. The third-order valence-corrected chi connectivity index (χ3v) is 2.17. The second-order valence-electron chi connectivity index (χ2n) is 3.92. The van der Waals surface area contributed by atoms with E-state index in [4.69, 9.17) is 0 Å². The summed E-state index contributed by atoms with van der Waals surface area (Å²) in [6.07, 6.45) is 4.36. The van der Waals surface area contributed by atoms with Crippen molar-refractivity contribution in [1.82, 2.24) is 9.88 Å². The number of aromatic nitrogens is 1. The summed E-state index contributed by atoms with van der Waals surface area (Å²) in [5.74, 6) is 0.650. The van der Waals surface area contributed by atoms with Gasteiger partial charge in [-0.3, -0.25) is 10.1 Å². The number of nitrogens with one attached hydrogen (secondary N) is 1. The third-order valence-electron chi connectivity index (χ3n) is 2.17. The molecule has 1 N–H and O–H groups in total. The normalized spacial score (nSPS) is 10.5. The number of nitrogens with zero attached hydrogens (tertiary/aromatic N) is 3. The fourth-order valence-electron chi connectivity index (χ4n) is 1.23. The Bertz CT molecular complexity index is 351. The number of hydrogen-bond acceptors (Lipinski definition) is 5. The molecule has 1 radical (unpaired) electrons. The molecule has 0 aliphatic rings. The minimum Gasteiger partial charge on any atom is -0.370 e. The van der Waals surface area contributed by atoms with Crippen LogP contribution in [-0.4, -0.2) is 42.0 Å². The lowest BCUT2D eigenvalue weighted by Gasteiger charge is -2.09. The van der Waals surface area contributed by atoms with Crippen LogP contribution in [0.2, 0.25) is 0 Å². The van der Waals surface area contributed by atoms with Gasteiger partial charge in [0, 0.05) is 12.6 Å². The first-order valence-corrected chi connectivity index (χ1v) is 5.40. The number of pyridine rings is 1. The molecule has 0 amide bonds. The van der Waals surface area contributed by atoms with Gasteiger partial charge in [0.15, 0.2) is 0 Å². The number of nitro groups is 1. The molecule has 0 unspecified atom stereocenters. The van der Waals surface area contributed by atoms with Gasteiger partial charge in [0.05, 0.1) is 4.92 Å². The molecule has 0 saturated heterocycles. The van der Waals surface area contributed by atoms with Crippen LogP contribution in [0.1, 0.15) is 6.42 Å². The first-order valence-electron chi connectivity index (χ1n) is 5.40. The van der Waals surface area contributed by atoms with Gasteiger partial charge in [0.1, 0.15) is 12.0 Å². The van der Waals surface area contributed by atoms with Crippen LogP contribution in [0.3, 0.4) is 0 Å². The Labute approximate surface area is 101 Å². The van der Waals surface area contributed by atoms with Crippen molar-refractivity contribution in [3.8, 4) is 0 Å². The molecule has 1 aromatic rings. The van der Waals surface area contributed by atoms with E-state index in [0.717, 1.165) is 13.0 Å². The summed E-state index contributed by atoms with van der Waals surface area (Å²) >= 11 is 0. The summed E-state index contributed by atoms with van der Waals surface area (Å²) in [7, 11) is 4.05. The van der Waals surface area contributed by atoms with Crippen LogP contribution in [0.4, 0.5) is 11.5 Å². The quantitative estimate of drug-likeness (QED) is 0.442. The summed E-state index contributed by atoms with van der Waals surface area (Å²) in [5.41, 5.74) is 0.00661. The standard InChI is InChI=1S/C11H17N4O2/c1-14(2)8-4-3-7-12-11-6-5-10(9-13-11)15(16)17/h3,5-6,9H,4,7-8H2,1-2H3,(H,12,13). The molecule has 0 bridgehead atoms. The molecule has 0 aliphatic heterocycles. The molecule has 0 fully saturated rings. The van der Waals surface area contributed by atoms with E-state index in [1.54, 1.807) is 6.07 Å². The van der Waals surface area contributed by atoms with Gasteiger partial charge in [-0.25, -0.2) is 4.98 Å². The van der Waals surface area contributed by atoms with Crippen molar-refractivity contribution in [2.75, 3.05) is 32.5 Å². The minimum atomic E-state index is -0.458. The van der Waals surface area contributed by atoms with Crippen LogP contribution in [-0.2, 0) is 0 Å². The van der Waals surface area contributed by atoms with Gasteiger partial charge in [0.25, 0.3) is 5.69 Å². The largest absolute Gasteiger partial charge is 0.370 e. The second-order valence-corrected chi connectivity index (χ2v) is 3.92. The molecule has 1 heterocycles. The summed E-state index contributed by atoms with van der Waals surface area (Å²) in [5, 5.41) is 13.5. The Morgan fingerprint density at radius 2 is 2.29 bits per heavy atom. The molecule has 0 aromatic carbocycles. The Balaban J connectivity index is 2.25. The van der Waals surface area contributed by atoms with E-state index in [1.165, 1.54) is 12.3 Å². The van der Waals surface area contributed by atoms with E-state index in [1.807, 2.05) is 14.1 Å². The lowest BCUT2D eigenvalue weighted by Crippen LogP contribution is -2.14. The molecule has 0 aliphatic carbocycles. The van der Waals surface area contributed by atoms with Crippen molar-refractivity contribution in [3.05, 3.63) is 34.9 Å². The SMILES string of the molecule is CN(C)CC[CH]CNc1ccc([N+](=O)[O-])cn1. The van der Waals surface area contributed by atoms with Crippen LogP contribution in [0.15, 0.2) is 18.3 Å². The van der Waals surface area contributed by atoms with E-state index in [0.29, 0.717) is 12.4 Å². The maximum atomic E-state index is 10.4. The molecule has 1 rings (SSSR count). The van der Waals surface area contributed by atoms with E-state index >= 15 is 0 Å². The van der Waals surface area contributed by atoms with Gasteiger partial charge in [-0.15, -0.1) is 0 Å². The molecule has 1 aromatic heterocycles. The van der Waals surface area contributed by atoms with Gasteiger partial charge in [-0.2, -0.15) is 0 Å². The highest BCUT2D eigenvalue weighted by Crippen LogP contribution is 2.11. The van der Waals surface area contributed by atoms with Crippen molar-refractivity contribution in [2.45, 2.75) is 6.42 Å². The van der Waals surface area contributed by atoms with Crippen molar-refractivity contribution >= 4 is 11.5 Å². The topological polar surface area (TPSA) is 71.3 Å². The van der Waals surface area contributed by atoms with Gasteiger partial charge >= 0.3 is 0 Å². The summed E-state index contributed by atoms with van der Waals surface area (Å²) in [4.78, 5) is 16.0. The lowest BCUT2D eigenvalue weighted by molar-refractivity contribution is -0.385. The first-order chi connectivity index (χ1) is 8.09. The number of rotatable bonds is 7. The van der Waals surface area contributed by atoms with E-state index in [9.17, 15) is 10.1 Å². The number of anilines is 1. The molecule has 0 atom stereocenters. The minimum absolute atomic E-state index is 0.00661. The van der Waals surface area contributed by atoms with Crippen molar-refractivity contribution in [3.63, 3.8) is 0 Å². The highest BCUT2D eigenvalue weighted by molar-refractivity contribution is 5.40. The number of hydrogen-bond donors (Lipinski definition) is 1. The van der Waals surface area contributed by atoms with Crippen LogP contribution in [0.5, 0.6) is 0 Å². The zero-order valence-corrected chi connectivity index (χ0v) is 10.1. The Hall–Kier alpha value is -1.69. The molecular formula is C11H17N4O2. The van der Waals surface area contributed by atoms with Crippen LogP contribution < -0.4 is 5.32 Å². The van der Waals surface area contributed by atoms with Crippen LogP contribution in [0, 0.1) is 16.5 Å². The first kappa shape index (κ1) is 13.4. The number of unbranched alkanes of at least 4 members (excludes halogenated alkanes) is 1. The Morgan fingerprint density at radius 1 is 1.53 bits per heavy atom. The molecule has 6 nitrogen and oxygen atoms in total. The highest BCUT2D eigenvalue weighted by atomic mass is 16.6. The molecule has 17 heavy (non-hydrogen) atoms. The Morgan fingerprint density at radius 3 is 2.82 bits per heavy atom. The molecule has 93 valence electrons. The second kappa shape index (κ2) is 6.80. The highest BCUT2D eigenvalue weighted by Gasteiger charge is 2.04. The van der Waals surface area contributed by atoms with Crippen molar-refractivity contribution in [1.29, 1.82) is 0 Å². The fraction of sp³-hybridized carbons (Fsp3) is 0.455. The van der Waals surface area contributed by atoms with Crippen molar-refractivity contribution in [2.24, 2.45) is 0 Å². The predicted molar refractivity (Wildman–Crippen MR) is 66.9 cm³/mol. The van der Waals surface area contributed by atoms with Crippen molar-refractivity contribution < 1.29 is 4.92 Å². The maximum absolute atomic E-state index is 10.4. The summed E-state index contributed by atoms with van der Waals surface area (Å²) < 4.78 is 0. The fourth-order valence-corrected chi connectivity index (χ4v) is 1.23. The average Bonchev–Trinajstić information content (AvgIpc) is 2.29. The average molecular weight is 237 g/mol. The smallest absolute Gasteiger partial charge is 0.287 e. The lowest BCUT2D eigenvalue weighted by atomic mass is 10.3. The van der Waals surface area contributed by atoms with Gasteiger partial charge in [-0.05, 0) is 39.5 Å². The van der Waals surface area contributed by atoms with Crippen LogP contribution >= 0.6 is 0 Å². The zero-order chi connectivity index (χ0) is 12.7. The molecular weight excluding hydrogens is 220 g/mol. The molecule has 0 saturated carbocycles. The van der Waals surface area contributed by atoms with E-state index < -0.39 is 4.92 Å². The van der Waals surface area contributed by atoms with Gasteiger partial charge < -0.3 is 10.2 Å². The summed E-state index contributed by atoms with van der Waals surface area (Å²) in [6.45, 7) is 1.72. The summed E-state index contributed by atoms with van der Waals surface area (Å²) in [6, 6.07) is 3.05. The van der Waals surface area contributed by atoms with Gasteiger partial charge in [0.2, 0.25) is 0 Å². The maximum Gasteiger partial charge on any atom is 0.287 e. The zero-order valence-electron chi connectivity index (χ0n) is 10.1. The Kier molecular flexibility index (Phi) is 5.35. The van der Waals surface area contributed by atoms with E-state index in [-0.39, 0.29) is 5.69 Å². The molecule has 6 heteroatoms.